The molecule has 1 fully saturated rings. The van der Waals surface area contributed by atoms with Gasteiger partial charge in [0.15, 0.2) is 0 Å². The van der Waals surface area contributed by atoms with E-state index in [1.54, 1.807) is 0 Å². The molecular formula is C18H30N2O. The van der Waals surface area contributed by atoms with Gasteiger partial charge in [-0.2, -0.15) is 0 Å². The Morgan fingerprint density at radius 3 is 2.52 bits per heavy atom. The number of hydrogen-bond acceptors (Lipinski definition) is 3. The van der Waals surface area contributed by atoms with E-state index in [9.17, 15) is 0 Å². The van der Waals surface area contributed by atoms with Crippen molar-refractivity contribution in [3.05, 3.63) is 35.9 Å². The van der Waals surface area contributed by atoms with E-state index in [1.165, 1.54) is 5.56 Å². The first kappa shape index (κ1) is 16.5. The Morgan fingerprint density at radius 2 is 1.95 bits per heavy atom. The molecule has 1 aromatic rings. The lowest BCUT2D eigenvalue weighted by Crippen LogP contribution is -2.52. The van der Waals surface area contributed by atoms with E-state index in [1.807, 2.05) is 0 Å². The van der Waals surface area contributed by atoms with Gasteiger partial charge in [0.1, 0.15) is 0 Å². The van der Waals surface area contributed by atoms with Crippen LogP contribution in [0.4, 0.5) is 0 Å². The Morgan fingerprint density at radius 1 is 1.29 bits per heavy atom. The highest BCUT2D eigenvalue weighted by atomic mass is 16.5. The van der Waals surface area contributed by atoms with Crippen molar-refractivity contribution in [3.63, 3.8) is 0 Å². The minimum atomic E-state index is -0.0315. The highest BCUT2D eigenvalue weighted by Crippen LogP contribution is 2.34. The minimum absolute atomic E-state index is 0.0315. The maximum atomic E-state index is 5.82. The van der Waals surface area contributed by atoms with Crippen LogP contribution in [0.5, 0.6) is 0 Å². The molecule has 3 nitrogen and oxygen atoms in total. The van der Waals surface area contributed by atoms with E-state index in [2.05, 4.69) is 75.3 Å². The van der Waals surface area contributed by atoms with Gasteiger partial charge in [0.25, 0.3) is 0 Å². The van der Waals surface area contributed by atoms with Crippen LogP contribution in [0.15, 0.2) is 30.3 Å². The van der Waals surface area contributed by atoms with Crippen LogP contribution in [0.3, 0.4) is 0 Å². The van der Waals surface area contributed by atoms with Crippen molar-refractivity contribution in [2.75, 3.05) is 33.3 Å². The zero-order valence-corrected chi connectivity index (χ0v) is 14.1. The van der Waals surface area contributed by atoms with Gasteiger partial charge >= 0.3 is 0 Å². The molecule has 0 spiro atoms. The third kappa shape index (κ3) is 4.29. The molecule has 0 aliphatic carbocycles. The van der Waals surface area contributed by atoms with Crippen molar-refractivity contribution >= 4 is 0 Å². The zero-order chi connectivity index (χ0) is 15.5. The van der Waals surface area contributed by atoms with Crippen molar-refractivity contribution in [1.82, 2.24) is 10.2 Å². The van der Waals surface area contributed by atoms with Gasteiger partial charge in [-0.1, -0.05) is 44.2 Å². The first-order valence-corrected chi connectivity index (χ1v) is 7.93. The standard InChI is InChI=1S/C18H30N2O/c1-17(2,13-20-11-12-21-18(3,4)14-20)16(19-5)15-9-7-6-8-10-15/h6-10,16,19H,11-14H2,1-5H3. The molecule has 1 heterocycles. The lowest BCUT2D eigenvalue weighted by Gasteiger charge is -2.44. The molecule has 1 aromatic carbocycles. The van der Waals surface area contributed by atoms with E-state index in [0.717, 1.165) is 26.2 Å². The number of nitrogens with one attached hydrogen (secondary N) is 1. The second-order valence-electron chi connectivity index (χ2n) is 7.44. The second kappa shape index (κ2) is 6.47. The number of nitrogens with zero attached hydrogens (tertiary/aromatic N) is 1. The molecule has 1 aliphatic heterocycles. The molecule has 1 aliphatic rings. The van der Waals surface area contributed by atoms with Crippen LogP contribution in [-0.2, 0) is 4.74 Å². The van der Waals surface area contributed by atoms with E-state index in [4.69, 9.17) is 4.74 Å². The molecule has 1 saturated heterocycles. The molecule has 2 rings (SSSR count). The van der Waals surface area contributed by atoms with E-state index in [0.29, 0.717) is 6.04 Å². The molecule has 0 radical (unpaired) electrons. The number of morpholine rings is 1. The number of rotatable bonds is 5. The van der Waals surface area contributed by atoms with Gasteiger partial charge in [0.05, 0.1) is 12.2 Å². The molecule has 118 valence electrons. The lowest BCUT2D eigenvalue weighted by molar-refractivity contribution is -0.0943. The van der Waals surface area contributed by atoms with Gasteiger partial charge in [0, 0.05) is 25.7 Å². The summed E-state index contributed by atoms with van der Waals surface area (Å²) in [4.78, 5) is 2.54. The van der Waals surface area contributed by atoms with Crippen LogP contribution in [0, 0.1) is 5.41 Å². The SMILES string of the molecule is CNC(c1ccccc1)C(C)(C)CN1CCOC(C)(C)C1. The van der Waals surface area contributed by atoms with Crippen LogP contribution in [-0.4, -0.2) is 43.8 Å². The van der Waals surface area contributed by atoms with Crippen molar-refractivity contribution in [1.29, 1.82) is 0 Å². The summed E-state index contributed by atoms with van der Waals surface area (Å²) in [6, 6.07) is 11.1. The minimum Gasteiger partial charge on any atom is -0.373 e. The third-order valence-electron chi connectivity index (χ3n) is 4.34. The molecule has 1 unspecified atom stereocenters. The molecule has 0 saturated carbocycles. The Balaban J connectivity index is 2.09. The lowest BCUT2D eigenvalue weighted by atomic mass is 9.79. The first-order valence-electron chi connectivity index (χ1n) is 7.93. The Bertz CT molecular complexity index is 442. The predicted molar refractivity (Wildman–Crippen MR) is 88.5 cm³/mol. The average molecular weight is 290 g/mol. The summed E-state index contributed by atoms with van der Waals surface area (Å²) in [6.07, 6.45) is 0. The Kier molecular flexibility index (Phi) is 5.07. The second-order valence-corrected chi connectivity index (χ2v) is 7.44. The van der Waals surface area contributed by atoms with Crippen LogP contribution in [0.1, 0.15) is 39.3 Å². The largest absolute Gasteiger partial charge is 0.373 e. The topological polar surface area (TPSA) is 24.5 Å². The van der Waals surface area contributed by atoms with Gasteiger partial charge < -0.3 is 10.1 Å². The molecular weight excluding hydrogens is 260 g/mol. The Labute approximate surface area is 129 Å². The van der Waals surface area contributed by atoms with Crippen LogP contribution in [0.2, 0.25) is 0 Å². The normalized spacial score (nSPS) is 21.2. The van der Waals surface area contributed by atoms with Gasteiger partial charge in [-0.25, -0.2) is 0 Å². The number of benzene rings is 1. The van der Waals surface area contributed by atoms with E-state index >= 15 is 0 Å². The van der Waals surface area contributed by atoms with Gasteiger partial charge in [-0.05, 0) is 31.9 Å². The molecule has 0 amide bonds. The maximum absolute atomic E-state index is 5.82. The Hall–Kier alpha value is -0.900. The van der Waals surface area contributed by atoms with Crippen LogP contribution >= 0.6 is 0 Å². The highest BCUT2D eigenvalue weighted by molar-refractivity contribution is 5.21. The number of hydrogen-bond donors (Lipinski definition) is 1. The first-order chi connectivity index (χ1) is 9.84. The van der Waals surface area contributed by atoms with Crippen LogP contribution < -0.4 is 5.32 Å². The summed E-state index contributed by atoms with van der Waals surface area (Å²) < 4.78 is 5.82. The summed E-state index contributed by atoms with van der Waals surface area (Å²) in [5.41, 5.74) is 1.48. The fraction of sp³-hybridized carbons (Fsp3) is 0.667. The smallest absolute Gasteiger partial charge is 0.0753 e. The fourth-order valence-corrected chi connectivity index (χ4v) is 3.57. The quantitative estimate of drug-likeness (QED) is 0.902. The van der Waals surface area contributed by atoms with E-state index < -0.39 is 0 Å². The van der Waals surface area contributed by atoms with Crippen LogP contribution in [0.25, 0.3) is 0 Å². The van der Waals surface area contributed by atoms with Crippen molar-refractivity contribution in [2.24, 2.45) is 5.41 Å². The van der Waals surface area contributed by atoms with Crippen molar-refractivity contribution in [2.45, 2.75) is 39.3 Å². The summed E-state index contributed by atoms with van der Waals surface area (Å²) in [6.45, 7) is 13.0. The van der Waals surface area contributed by atoms with Gasteiger partial charge in [-0.3, -0.25) is 4.90 Å². The predicted octanol–water partition coefficient (Wildman–Crippen LogP) is 3.08. The summed E-state index contributed by atoms with van der Waals surface area (Å²) in [5.74, 6) is 0. The van der Waals surface area contributed by atoms with Crippen molar-refractivity contribution < 1.29 is 4.74 Å². The van der Waals surface area contributed by atoms with E-state index in [-0.39, 0.29) is 11.0 Å². The number of ether oxygens (including phenoxy) is 1. The monoisotopic (exact) mass is 290 g/mol. The zero-order valence-electron chi connectivity index (χ0n) is 14.1. The molecule has 1 atom stereocenters. The average Bonchev–Trinajstić information content (AvgIpc) is 2.38. The van der Waals surface area contributed by atoms with Gasteiger partial charge in [0.2, 0.25) is 0 Å². The summed E-state index contributed by atoms with van der Waals surface area (Å²) in [7, 11) is 2.06. The molecule has 1 N–H and O–H groups in total. The molecule has 0 bridgehead atoms. The highest BCUT2D eigenvalue weighted by Gasteiger charge is 2.35. The molecule has 3 heteroatoms. The molecule has 0 aromatic heterocycles. The fourth-order valence-electron chi connectivity index (χ4n) is 3.57. The van der Waals surface area contributed by atoms with Crippen molar-refractivity contribution in [3.8, 4) is 0 Å². The maximum Gasteiger partial charge on any atom is 0.0753 e. The third-order valence-corrected chi connectivity index (χ3v) is 4.34. The van der Waals surface area contributed by atoms with Gasteiger partial charge in [-0.15, -0.1) is 0 Å². The summed E-state index contributed by atoms with van der Waals surface area (Å²) in [5, 5.41) is 3.51. The molecule has 21 heavy (non-hydrogen) atoms. The summed E-state index contributed by atoms with van der Waals surface area (Å²) >= 11 is 0.